The Kier molecular flexibility index (Phi) is 7.81. The van der Waals surface area contributed by atoms with Gasteiger partial charge < -0.3 is 16.0 Å². The summed E-state index contributed by atoms with van der Waals surface area (Å²) in [7, 11) is 0. The molecule has 0 aromatic carbocycles. The molecule has 1 amide bonds. The van der Waals surface area contributed by atoms with Gasteiger partial charge in [0.2, 0.25) is 5.91 Å². The number of thiophene rings is 1. The van der Waals surface area contributed by atoms with Gasteiger partial charge in [0.25, 0.3) is 0 Å². The Morgan fingerprint density at radius 2 is 2.14 bits per heavy atom. The molecule has 2 aromatic rings. The molecule has 1 aliphatic heterocycles. The molecule has 0 bridgehead atoms. The van der Waals surface area contributed by atoms with E-state index < -0.39 is 0 Å². The van der Waals surface area contributed by atoms with Crippen molar-refractivity contribution in [2.75, 3.05) is 38.0 Å². The maximum atomic E-state index is 12.1. The molecule has 150 valence electrons. The fourth-order valence-corrected chi connectivity index (χ4v) is 4.13. The third-order valence-electron chi connectivity index (χ3n) is 4.59. The summed E-state index contributed by atoms with van der Waals surface area (Å²) in [6.45, 7) is 5.83. The number of guanidine groups is 1. The fraction of sp³-hybridized carbons (Fsp3) is 0.450. The van der Waals surface area contributed by atoms with Gasteiger partial charge >= 0.3 is 0 Å². The highest BCUT2D eigenvalue weighted by molar-refractivity contribution is 7.10. The van der Waals surface area contributed by atoms with Crippen molar-refractivity contribution in [2.45, 2.75) is 25.8 Å². The number of hydrogen-bond acceptors (Lipinski definition) is 5. The van der Waals surface area contributed by atoms with Crippen LogP contribution in [0.3, 0.4) is 0 Å². The van der Waals surface area contributed by atoms with E-state index in [1.807, 2.05) is 6.92 Å². The molecule has 1 saturated heterocycles. The lowest BCUT2D eigenvalue weighted by Crippen LogP contribution is -2.43. The van der Waals surface area contributed by atoms with E-state index in [1.54, 1.807) is 35.9 Å². The number of aliphatic imine (C=N–C) groups is 1. The first-order valence-corrected chi connectivity index (χ1v) is 10.6. The van der Waals surface area contributed by atoms with Crippen LogP contribution in [0.25, 0.3) is 0 Å². The van der Waals surface area contributed by atoms with Crippen molar-refractivity contribution >= 4 is 28.9 Å². The highest BCUT2D eigenvalue weighted by atomic mass is 32.1. The smallest absolute Gasteiger partial charge is 0.246 e. The maximum absolute atomic E-state index is 12.1. The van der Waals surface area contributed by atoms with Crippen molar-refractivity contribution in [3.63, 3.8) is 0 Å². The lowest BCUT2D eigenvalue weighted by atomic mass is 10.2. The molecule has 8 heteroatoms. The molecule has 1 fully saturated rings. The molecule has 7 nitrogen and oxygen atoms in total. The molecule has 1 atom stereocenters. The minimum Gasteiger partial charge on any atom is -0.357 e. The molecule has 0 radical (unpaired) electrons. The molecule has 28 heavy (non-hydrogen) atoms. The first kappa shape index (κ1) is 20.3. The zero-order chi connectivity index (χ0) is 19.6. The number of aromatic nitrogens is 1. The van der Waals surface area contributed by atoms with Crippen molar-refractivity contribution in [3.8, 4) is 0 Å². The molecule has 3 N–H and O–H groups in total. The third-order valence-corrected chi connectivity index (χ3v) is 5.56. The van der Waals surface area contributed by atoms with Crippen molar-refractivity contribution in [1.82, 2.24) is 20.5 Å². The number of likely N-dealkylation sites (tertiary alicyclic amines) is 1. The van der Waals surface area contributed by atoms with Gasteiger partial charge in [0.15, 0.2) is 5.96 Å². The average Bonchev–Trinajstić information content (AvgIpc) is 3.42. The molecule has 1 aliphatic rings. The second kappa shape index (κ2) is 10.8. The van der Waals surface area contributed by atoms with E-state index in [0.29, 0.717) is 17.7 Å². The standard InChI is InChI=1S/C20H28N6OS/c1-2-22-20(24-15-19(27)25-16-7-5-9-21-13-16)23-14-17(18-8-6-12-28-18)26-10-3-4-11-26/h5-9,12-13,17H,2-4,10-11,14-15H2,1H3,(H,25,27)(H2,22,23,24). The van der Waals surface area contributed by atoms with Gasteiger partial charge in [0, 0.05) is 24.2 Å². The minimum absolute atomic E-state index is 0.0532. The minimum atomic E-state index is -0.167. The highest BCUT2D eigenvalue weighted by Gasteiger charge is 2.24. The van der Waals surface area contributed by atoms with Gasteiger partial charge in [-0.05, 0) is 56.4 Å². The van der Waals surface area contributed by atoms with Crippen LogP contribution >= 0.6 is 11.3 Å². The second-order valence-electron chi connectivity index (χ2n) is 6.64. The molecular weight excluding hydrogens is 372 g/mol. The summed E-state index contributed by atoms with van der Waals surface area (Å²) in [5.74, 6) is 0.490. The highest BCUT2D eigenvalue weighted by Crippen LogP contribution is 2.27. The predicted molar refractivity (Wildman–Crippen MR) is 115 cm³/mol. The van der Waals surface area contributed by atoms with Crippen LogP contribution in [0, 0.1) is 0 Å². The third kappa shape index (κ3) is 6.03. The zero-order valence-corrected chi connectivity index (χ0v) is 17.0. The molecule has 2 aromatic heterocycles. The summed E-state index contributed by atoms with van der Waals surface area (Å²) in [5.41, 5.74) is 0.674. The summed E-state index contributed by atoms with van der Waals surface area (Å²) in [5, 5.41) is 11.6. The molecule has 3 rings (SSSR count). The summed E-state index contributed by atoms with van der Waals surface area (Å²) in [4.78, 5) is 24.5. The predicted octanol–water partition coefficient (Wildman–Crippen LogP) is 2.47. The van der Waals surface area contributed by atoms with Crippen LogP contribution in [0.1, 0.15) is 30.7 Å². The number of hydrogen-bond donors (Lipinski definition) is 3. The Hall–Kier alpha value is -2.45. The molecule has 3 heterocycles. The molecular formula is C20H28N6OS. The fourth-order valence-electron chi connectivity index (χ4n) is 3.27. The maximum Gasteiger partial charge on any atom is 0.246 e. The zero-order valence-electron chi connectivity index (χ0n) is 16.2. The molecule has 0 spiro atoms. The van der Waals surface area contributed by atoms with E-state index in [0.717, 1.165) is 26.2 Å². The quantitative estimate of drug-likeness (QED) is 0.468. The monoisotopic (exact) mass is 400 g/mol. The summed E-state index contributed by atoms with van der Waals surface area (Å²) >= 11 is 1.79. The number of nitrogens with zero attached hydrogens (tertiary/aromatic N) is 3. The van der Waals surface area contributed by atoms with E-state index in [2.05, 4.69) is 48.3 Å². The van der Waals surface area contributed by atoms with Crippen LogP contribution in [-0.2, 0) is 4.79 Å². The Labute approximate surface area is 170 Å². The van der Waals surface area contributed by atoms with Gasteiger partial charge in [-0.2, -0.15) is 0 Å². The van der Waals surface area contributed by atoms with E-state index in [4.69, 9.17) is 0 Å². The summed E-state index contributed by atoms with van der Waals surface area (Å²) in [6.07, 6.45) is 5.80. The van der Waals surface area contributed by atoms with Gasteiger partial charge in [-0.1, -0.05) is 6.07 Å². The number of amides is 1. The van der Waals surface area contributed by atoms with E-state index in [1.165, 1.54) is 17.7 Å². The average molecular weight is 401 g/mol. The number of pyridine rings is 1. The van der Waals surface area contributed by atoms with Gasteiger partial charge in [-0.15, -0.1) is 11.3 Å². The van der Waals surface area contributed by atoms with Gasteiger partial charge in [-0.3, -0.25) is 14.7 Å². The first-order chi connectivity index (χ1) is 13.8. The van der Waals surface area contributed by atoms with Crippen molar-refractivity contribution in [3.05, 3.63) is 46.9 Å². The molecule has 1 unspecified atom stereocenters. The topological polar surface area (TPSA) is 81.6 Å². The van der Waals surface area contributed by atoms with E-state index in [-0.39, 0.29) is 12.5 Å². The van der Waals surface area contributed by atoms with Crippen LogP contribution < -0.4 is 16.0 Å². The Balaban J connectivity index is 1.57. The Morgan fingerprint density at radius 3 is 2.82 bits per heavy atom. The van der Waals surface area contributed by atoms with Gasteiger partial charge in [0.05, 0.1) is 17.9 Å². The van der Waals surface area contributed by atoms with Crippen LogP contribution in [-0.4, -0.2) is 54.5 Å². The molecule has 0 aliphatic carbocycles. The van der Waals surface area contributed by atoms with E-state index >= 15 is 0 Å². The Morgan fingerprint density at radius 1 is 1.29 bits per heavy atom. The van der Waals surface area contributed by atoms with Crippen LogP contribution in [0.4, 0.5) is 5.69 Å². The second-order valence-corrected chi connectivity index (χ2v) is 7.62. The summed E-state index contributed by atoms with van der Waals surface area (Å²) < 4.78 is 0. The van der Waals surface area contributed by atoms with Crippen molar-refractivity contribution in [1.29, 1.82) is 0 Å². The van der Waals surface area contributed by atoms with Gasteiger partial charge in [0.1, 0.15) is 6.54 Å². The number of anilines is 1. The summed E-state index contributed by atoms with van der Waals surface area (Å²) in [6, 6.07) is 8.22. The molecule has 0 saturated carbocycles. The Bertz CT molecular complexity index is 743. The number of rotatable bonds is 8. The number of carbonyl (C=O) groups is 1. The SMILES string of the molecule is CCNC(=NCC(=O)Nc1cccnc1)NCC(c1cccs1)N1CCCC1. The van der Waals surface area contributed by atoms with Crippen LogP contribution in [0.2, 0.25) is 0 Å². The van der Waals surface area contributed by atoms with Crippen LogP contribution in [0.15, 0.2) is 47.0 Å². The lowest BCUT2D eigenvalue weighted by Gasteiger charge is -2.27. The van der Waals surface area contributed by atoms with E-state index in [9.17, 15) is 4.79 Å². The normalized spacial score (nSPS) is 16.0. The van der Waals surface area contributed by atoms with Crippen molar-refractivity contribution < 1.29 is 4.79 Å². The van der Waals surface area contributed by atoms with Crippen LogP contribution in [0.5, 0.6) is 0 Å². The van der Waals surface area contributed by atoms with Crippen molar-refractivity contribution in [2.24, 2.45) is 4.99 Å². The number of carbonyl (C=O) groups excluding carboxylic acids is 1. The largest absolute Gasteiger partial charge is 0.357 e. The first-order valence-electron chi connectivity index (χ1n) is 9.75. The van der Waals surface area contributed by atoms with Gasteiger partial charge in [-0.25, -0.2) is 4.99 Å². The lowest BCUT2D eigenvalue weighted by molar-refractivity contribution is -0.114. The number of nitrogens with one attached hydrogen (secondary N) is 3.